The number of carboxylic acid groups (broad SMARTS) is 1. The van der Waals surface area contributed by atoms with Crippen molar-refractivity contribution in [2.75, 3.05) is 5.75 Å². The Morgan fingerprint density at radius 1 is 1.39 bits per heavy atom. The second kappa shape index (κ2) is 5.52. The molecule has 0 amide bonds. The molecule has 0 saturated carbocycles. The first-order valence-corrected chi connectivity index (χ1v) is 6.39. The number of carbonyl (C=O) groups excluding carboxylic acids is 1. The van der Waals surface area contributed by atoms with Gasteiger partial charge in [-0.25, -0.2) is 4.39 Å². The van der Waals surface area contributed by atoms with Crippen LogP contribution in [0.2, 0.25) is 0 Å². The third-order valence-corrected chi connectivity index (χ3v) is 3.86. The van der Waals surface area contributed by atoms with Crippen LogP contribution in [0.3, 0.4) is 0 Å². The van der Waals surface area contributed by atoms with Crippen molar-refractivity contribution in [3.63, 3.8) is 0 Å². The molecular formula is C13H15FO3S. The van der Waals surface area contributed by atoms with Crippen LogP contribution in [0.25, 0.3) is 0 Å². The smallest absolute Gasteiger partial charge is 0.319 e. The number of benzene rings is 1. The lowest BCUT2D eigenvalue weighted by Gasteiger charge is -2.17. The molecule has 0 heterocycles. The second-order valence-corrected chi connectivity index (χ2v) is 6.09. The van der Waals surface area contributed by atoms with E-state index in [9.17, 15) is 14.0 Å². The number of carbonyl (C=O) groups is 2. The Balaban J connectivity index is 2.72. The highest BCUT2D eigenvalue weighted by Gasteiger charge is 2.28. The predicted molar refractivity (Wildman–Crippen MR) is 69.6 cm³/mol. The van der Waals surface area contributed by atoms with Gasteiger partial charge in [0.1, 0.15) is 10.6 Å². The Hall–Kier alpha value is -1.36. The van der Waals surface area contributed by atoms with Crippen molar-refractivity contribution < 1.29 is 19.1 Å². The number of hydrogen-bond donors (Lipinski definition) is 1. The molecule has 98 valence electrons. The van der Waals surface area contributed by atoms with Crippen LogP contribution < -0.4 is 0 Å². The summed E-state index contributed by atoms with van der Waals surface area (Å²) >= 11 is 1.06. The Morgan fingerprint density at radius 2 is 2.00 bits per heavy atom. The van der Waals surface area contributed by atoms with Gasteiger partial charge in [0.2, 0.25) is 0 Å². The highest BCUT2D eigenvalue weighted by atomic mass is 32.2. The number of rotatable bonds is 5. The highest BCUT2D eigenvalue weighted by molar-refractivity contribution is 8.02. The predicted octanol–water partition coefficient (Wildman–Crippen LogP) is 2.91. The number of hydrogen-bond acceptors (Lipinski definition) is 3. The zero-order valence-electron chi connectivity index (χ0n) is 10.5. The molecule has 0 aliphatic carbocycles. The van der Waals surface area contributed by atoms with E-state index in [0.717, 1.165) is 11.8 Å². The van der Waals surface area contributed by atoms with Crippen molar-refractivity contribution in [1.82, 2.24) is 0 Å². The molecule has 1 aromatic rings. The van der Waals surface area contributed by atoms with Gasteiger partial charge in [-0.3, -0.25) is 9.59 Å². The third-order valence-electron chi connectivity index (χ3n) is 2.56. The van der Waals surface area contributed by atoms with Crippen molar-refractivity contribution in [1.29, 1.82) is 0 Å². The summed E-state index contributed by atoms with van der Waals surface area (Å²) in [5.41, 5.74) is 0.811. The molecule has 1 N–H and O–H groups in total. The van der Waals surface area contributed by atoms with Crippen LogP contribution >= 0.6 is 11.8 Å². The lowest BCUT2D eigenvalue weighted by molar-refractivity contribution is -0.138. The first kappa shape index (κ1) is 14.7. The van der Waals surface area contributed by atoms with Gasteiger partial charge in [-0.2, -0.15) is 0 Å². The van der Waals surface area contributed by atoms with Crippen LogP contribution in [-0.2, 0) is 4.79 Å². The minimum absolute atomic E-state index is 0.0599. The maximum absolute atomic E-state index is 13.0. The topological polar surface area (TPSA) is 54.4 Å². The molecule has 3 nitrogen and oxygen atoms in total. The molecule has 0 aliphatic heterocycles. The molecule has 1 aromatic carbocycles. The normalized spacial score (nSPS) is 11.3. The summed E-state index contributed by atoms with van der Waals surface area (Å²) in [6.45, 7) is 4.67. The average Bonchev–Trinajstić information content (AvgIpc) is 2.29. The number of aryl methyl sites for hydroxylation is 1. The molecule has 0 unspecified atom stereocenters. The summed E-state index contributed by atoms with van der Waals surface area (Å²) in [4.78, 5) is 22.7. The Bertz CT molecular complexity index is 483. The Kier molecular flexibility index (Phi) is 4.51. The molecule has 0 bridgehead atoms. The summed E-state index contributed by atoms with van der Waals surface area (Å²) in [7, 11) is 0. The van der Waals surface area contributed by atoms with Gasteiger partial charge in [0.05, 0.1) is 5.75 Å². The van der Waals surface area contributed by atoms with Gasteiger partial charge in [0.15, 0.2) is 5.78 Å². The number of ketones is 1. The minimum atomic E-state index is -1.01. The zero-order valence-corrected chi connectivity index (χ0v) is 11.3. The van der Waals surface area contributed by atoms with Gasteiger partial charge in [-0.1, -0.05) is 0 Å². The number of Topliss-reactive ketones (excluding diaryl/α,β-unsaturated/α-hetero) is 1. The fraction of sp³-hybridized carbons (Fsp3) is 0.385. The largest absolute Gasteiger partial charge is 0.480 e. The van der Waals surface area contributed by atoms with Crippen LogP contribution in [0.5, 0.6) is 0 Å². The van der Waals surface area contributed by atoms with E-state index in [1.807, 2.05) is 0 Å². The lowest BCUT2D eigenvalue weighted by Crippen LogP contribution is -2.28. The van der Waals surface area contributed by atoms with E-state index in [-0.39, 0.29) is 17.4 Å². The van der Waals surface area contributed by atoms with Crippen LogP contribution in [0, 0.1) is 12.7 Å². The molecule has 0 aliphatic rings. The second-order valence-electron chi connectivity index (χ2n) is 4.49. The molecule has 0 radical (unpaired) electrons. The molecule has 0 saturated heterocycles. The van der Waals surface area contributed by atoms with Crippen molar-refractivity contribution in [3.8, 4) is 0 Å². The van der Waals surface area contributed by atoms with Crippen molar-refractivity contribution in [3.05, 3.63) is 35.1 Å². The van der Waals surface area contributed by atoms with E-state index in [1.54, 1.807) is 20.8 Å². The van der Waals surface area contributed by atoms with Crippen LogP contribution in [-0.4, -0.2) is 27.4 Å². The highest BCUT2D eigenvalue weighted by Crippen LogP contribution is 2.25. The van der Waals surface area contributed by atoms with Gasteiger partial charge in [0.25, 0.3) is 0 Å². The average molecular weight is 270 g/mol. The van der Waals surface area contributed by atoms with Crippen LogP contribution in [0.1, 0.15) is 29.8 Å². The summed E-state index contributed by atoms with van der Waals surface area (Å²) in [5, 5.41) is 8.92. The van der Waals surface area contributed by atoms with E-state index in [0.29, 0.717) is 11.1 Å². The number of halogens is 1. The molecule has 0 fully saturated rings. The van der Waals surface area contributed by atoms with Crippen molar-refractivity contribution in [2.45, 2.75) is 25.5 Å². The number of aliphatic carboxylic acids is 1. The summed E-state index contributed by atoms with van der Waals surface area (Å²) in [6.07, 6.45) is 0. The lowest BCUT2D eigenvalue weighted by atomic mass is 10.1. The number of carboxylic acids is 1. The molecular weight excluding hydrogens is 255 g/mol. The van der Waals surface area contributed by atoms with E-state index in [1.165, 1.54) is 18.2 Å². The Labute approximate surface area is 109 Å². The van der Waals surface area contributed by atoms with Gasteiger partial charge in [0, 0.05) is 5.56 Å². The van der Waals surface area contributed by atoms with Crippen molar-refractivity contribution in [2.24, 2.45) is 0 Å². The van der Waals surface area contributed by atoms with E-state index in [2.05, 4.69) is 0 Å². The van der Waals surface area contributed by atoms with Gasteiger partial charge >= 0.3 is 5.97 Å². The standard InChI is InChI=1S/C13H15FO3S/c1-8-6-9(4-5-10(8)14)11(15)7-18-13(2,3)12(16)17/h4-6H,7H2,1-3H3,(H,16,17). The fourth-order valence-electron chi connectivity index (χ4n) is 1.21. The summed E-state index contributed by atoms with van der Waals surface area (Å²) in [5.74, 6) is -1.46. The third kappa shape index (κ3) is 3.57. The van der Waals surface area contributed by atoms with Gasteiger partial charge < -0.3 is 5.11 Å². The van der Waals surface area contributed by atoms with Crippen molar-refractivity contribution >= 4 is 23.5 Å². The quantitative estimate of drug-likeness (QED) is 0.836. The molecule has 0 aromatic heterocycles. The minimum Gasteiger partial charge on any atom is -0.480 e. The first-order valence-electron chi connectivity index (χ1n) is 5.41. The molecule has 0 spiro atoms. The SMILES string of the molecule is Cc1cc(C(=O)CSC(C)(C)C(=O)O)ccc1F. The van der Waals surface area contributed by atoms with Crippen LogP contribution in [0.4, 0.5) is 4.39 Å². The first-order chi connectivity index (χ1) is 8.24. The van der Waals surface area contributed by atoms with E-state index >= 15 is 0 Å². The zero-order chi connectivity index (χ0) is 13.9. The van der Waals surface area contributed by atoms with E-state index < -0.39 is 10.7 Å². The van der Waals surface area contributed by atoms with E-state index in [4.69, 9.17) is 5.11 Å². The maximum atomic E-state index is 13.0. The summed E-state index contributed by atoms with van der Waals surface area (Å²) < 4.78 is 12.0. The Morgan fingerprint density at radius 3 is 2.50 bits per heavy atom. The molecule has 0 atom stereocenters. The fourth-order valence-corrected chi connectivity index (χ4v) is 1.99. The summed E-state index contributed by atoms with van der Waals surface area (Å²) in [6, 6.07) is 4.14. The van der Waals surface area contributed by atoms with Gasteiger partial charge in [-0.15, -0.1) is 11.8 Å². The monoisotopic (exact) mass is 270 g/mol. The molecule has 18 heavy (non-hydrogen) atoms. The maximum Gasteiger partial charge on any atom is 0.319 e. The van der Waals surface area contributed by atoms with Crippen LogP contribution in [0.15, 0.2) is 18.2 Å². The molecule has 1 rings (SSSR count). The number of thioether (sulfide) groups is 1. The molecule has 5 heteroatoms. The van der Waals surface area contributed by atoms with Gasteiger partial charge in [-0.05, 0) is 44.5 Å².